The topological polar surface area (TPSA) is 43.1 Å². The van der Waals surface area contributed by atoms with Crippen LogP contribution in [-0.2, 0) is 6.42 Å². The molecule has 0 spiro atoms. The predicted molar refractivity (Wildman–Crippen MR) is 67.8 cm³/mol. The second kappa shape index (κ2) is 3.53. The van der Waals surface area contributed by atoms with Crippen LogP contribution in [0.2, 0.25) is 5.15 Å². The molecule has 5 heteroatoms. The fraction of sp³-hybridized carbons (Fsp3) is 0.154. The molecule has 0 saturated heterocycles. The molecule has 88 valence electrons. The van der Waals surface area contributed by atoms with Crippen LogP contribution in [0.5, 0.6) is 0 Å². The van der Waals surface area contributed by atoms with Gasteiger partial charge in [-0.15, -0.1) is 10.2 Å². The van der Waals surface area contributed by atoms with E-state index < -0.39 is 0 Å². The third kappa shape index (κ3) is 1.24. The first-order valence-corrected chi connectivity index (χ1v) is 6.15. The van der Waals surface area contributed by atoms with Gasteiger partial charge in [-0.05, 0) is 17.5 Å². The molecular formula is C13H9ClN4. The maximum atomic E-state index is 6.18. The Kier molecular flexibility index (Phi) is 1.96. The van der Waals surface area contributed by atoms with Crippen molar-refractivity contribution in [3.8, 4) is 0 Å². The molecule has 0 N–H and O–H groups in total. The zero-order valence-electron chi connectivity index (χ0n) is 9.42. The molecule has 0 radical (unpaired) electrons. The molecule has 3 aromatic rings. The van der Waals surface area contributed by atoms with Crippen LogP contribution in [0.25, 0.3) is 5.65 Å². The summed E-state index contributed by atoms with van der Waals surface area (Å²) in [6.45, 7) is 0. The fourth-order valence-electron chi connectivity index (χ4n) is 2.55. The van der Waals surface area contributed by atoms with Crippen LogP contribution < -0.4 is 0 Å². The van der Waals surface area contributed by atoms with Crippen molar-refractivity contribution in [3.05, 3.63) is 58.8 Å². The van der Waals surface area contributed by atoms with E-state index in [1.54, 1.807) is 12.4 Å². The highest BCUT2D eigenvalue weighted by Gasteiger charge is 2.31. The van der Waals surface area contributed by atoms with Crippen LogP contribution >= 0.6 is 11.6 Å². The van der Waals surface area contributed by atoms with Crippen LogP contribution in [0.3, 0.4) is 0 Å². The lowest BCUT2D eigenvalue weighted by molar-refractivity contribution is 0.651. The van der Waals surface area contributed by atoms with E-state index >= 15 is 0 Å². The SMILES string of the molecule is Clc1cncc2nnc(C3Cc4ccccc43)n12. The molecule has 4 rings (SSSR count). The Morgan fingerprint density at radius 3 is 2.94 bits per heavy atom. The number of hydrogen-bond acceptors (Lipinski definition) is 3. The predicted octanol–water partition coefficient (Wildman–Crippen LogP) is 2.47. The second-order valence-corrected chi connectivity index (χ2v) is 4.82. The highest BCUT2D eigenvalue weighted by Crippen LogP contribution is 2.39. The summed E-state index contributed by atoms with van der Waals surface area (Å²) in [4.78, 5) is 4.02. The van der Waals surface area contributed by atoms with Crippen molar-refractivity contribution in [3.63, 3.8) is 0 Å². The van der Waals surface area contributed by atoms with Gasteiger partial charge in [0.2, 0.25) is 0 Å². The Labute approximate surface area is 108 Å². The minimum absolute atomic E-state index is 0.288. The molecule has 1 aromatic carbocycles. The number of nitrogens with zero attached hydrogens (tertiary/aromatic N) is 4. The van der Waals surface area contributed by atoms with Crippen molar-refractivity contribution >= 4 is 17.2 Å². The average molecular weight is 257 g/mol. The van der Waals surface area contributed by atoms with Crippen molar-refractivity contribution in [2.75, 3.05) is 0 Å². The monoisotopic (exact) mass is 256 g/mol. The number of benzene rings is 1. The molecule has 1 atom stereocenters. The van der Waals surface area contributed by atoms with E-state index in [0.717, 1.165) is 12.2 Å². The van der Waals surface area contributed by atoms with Crippen molar-refractivity contribution in [1.82, 2.24) is 19.6 Å². The highest BCUT2D eigenvalue weighted by atomic mass is 35.5. The van der Waals surface area contributed by atoms with Gasteiger partial charge in [-0.3, -0.25) is 9.38 Å². The smallest absolute Gasteiger partial charge is 0.180 e. The van der Waals surface area contributed by atoms with E-state index in [0.29, 0.717) is 10.8 Å². The molecule has 4 nitrogen and oxygen atoms in total. The van der Waals surface area contributed by atoms with Crippen LogP contribution in [0, 0.1) is 0 Å². The molecule has 0 aliphatic heterocycles. The molecule has 0 bridgehead atoms. The van der Waals surface area contributed by atoms with E-state index in [1.807, 2.05) is 4.40 Å². The standard InChI is InChI=1S/C13H9ClN4/c14-11-6-15-7-12-16-17-13(18(11)12)10-5-8-3-1-2-4-9(8)10/h1-4,6-7,10H,5H2. The number of aromatic nitrogens is 4. The van der Waals surface area contributed by atoms with Gasteiger partial charge in [0.1, 0.15) is 11.0 Å². The van der Waals surface area contributed by atoms with Gasteiger partial charge in [-0.2, -0.15) is 0 Å². The van der Waals surface area contributed by atoms with Crippen molar-refractivity contribution in [1.29, 1.82) is 0 Å². The van der Waals surface area contributed by atoms with Gasteiger partial charge in [0, 0.05) is 5.92 Å². The van der Waals surface area contributed by atoms with Gasteiger partial charge in [0.25, 0.3) is 0 Å². The number of hydrogen-bond donors (Lipinski definition) is 0. The highest BCUT2D eigenvalue weighted by molar-refractivity contribution is 6.29. The van der Waals surface area contributed by atoms with Crippen LogP contribution in [0.1, 0.15) is 22.9 Å². The maximum absolute atomic E-state index is 6.18. The lowest BCUT2D eigenvalue weighted by atomic mass is 9.77. The minimum Gasteiger partial charge on any atom is -0.266 e. The Balaban J connectivity index is 1.91. The minimum atomic E-state index is 0.288. The lowest BCUT2D eigenvalue weighted by Gasteiger charge is -2.28. The summed E-state index contributed by atoms with van der Waals surface area (Å²) in [5, 5.41) is 8.94. The second-order valence-electron chi connectivity index (χ2n) is 4.44. The molecule has 2 heterocycles. The summed E-state index contributed by atoms with van der Waals surface area (Å²) in [6, 6.07) is 8.41. The third-order valence-corrected chi connectivity index (χ3v) is 3.73. The molecule has 1 aliphatic carbocycles. The van der Waals surface area contributed by atoms with Gasteiger partial charge >= 0.3 is 0 Å². The van der Waals surface area contributed by atoms with Gasteiger partial charge < -0.3 is 0 Å². The van der Waals surface area contributed by atoms with Crippen molar-refractivity contribution in [2.45, 2.75) is 12.3 Å². The third-order valence-electron chi connectivity index (χ3n) is 3.46. The Morgan fingerprint density at radius 1 is 1.17 bits per heavy atom. The van der Waals surface area contributed by atoms with Gasteiger partial charge in [-0.25, -0.2) is 0 Å². The number of fused-ring (bicyclic) bond motifs is 2. The normalized spacial score (nSPS) is 17.5. The largest absolute Gasteiger partial charge is 0.266 e. The van der Waals surface area contributed by atoms with Crippen molar-refractivity contribution in [2.24, 2.45) is 0 Å². The molecule has 0 amide bonds. The van der Waals surface area contributed by atoms with E-state index in [1.165, 1.54) is 11.1 Å². The average Bonchev–Trinajstić information content (AvgIpc) is 2.76. The first-order valence-electron chi connectivity index (χ1n) is 5.77. The summed E-state index contributed by atoms with van der Waals surface area (Å²) in [5.41, 5.74) is 3.39. The number of rotatable bonds is 1. The van der Waals surface area contributed by atoms with Gasteiger partial charge in [-0.1, -0.05) is 35.9 Å². The molecule has 0 saturated carbocycles. The molecule has 18 heavy (non-hydrogen) atoms. The van der Waals surface area contributed by atoms with E-state index in [-0.39, 0.29) is 5.92 Å². The zero-order valence-corrected chi connectivity index (χ0v) is 10.2. The molecule has 1 aliphatic rings. The molecule has 1 unspecified atom stereocenters. The van der Waals surface area contributed by atoms with Gasteiger partial charge in [0.05, 0.1) is 12.4 Å². The quantitative estimate of drug-likeness (QED) is 0.672. The Bertz CT molecular complexity index is 750. The molecule has 2 aromatic heterocycles. The molecular weight excluding hydrogens is 248 g/mol. The van der Waals surface area contributed by atoms with Crippen molar-refractivity contribution < 1.29 is 0 Å². The number of halogens is 1. The van der Waals surface area contributed by atoms with E-state index in [9.17, 15) is 0 Å². The Morgan fingerprint density at radius 2 is 2.06 bits per heavy atom. The van der Waals surface area contributed by atoms with Crippen LogP contribution in [0.4, 0.5) is 0 Å². The summed E-state index contributed by atoms with van der Waals surface area (Å²) < 4.78 is 1.87. The van der Waals surface area contributed by atoms with Gasteiger partial charge in [0.15, 0.2) is 5.65 Å². The zero-order chi connectivity index (χ0) is 12.1. The lowest BCUT2D eigenvalue weighted by Crippen LogP contribution is -2.20. The summed E-state index contributed by atoms with van der Waals surface area (Å²) in [5.74, 6) is 1.19. The first-order chi connectivity index (χ1) is 8.84. The fourth-order valence-corrected chi connectivity index (χ4v) is 2.78. The van der Waals surface area contributed by atoms with Crippen LogP contribution in [0.15, 0.2) is 36.7 Å². The Hall–Kier alpha value is -1.94. The van der Waals surface area contributed by atoms with Crippen LogP contribution in [-0.4, -0.2) is 19.6 Å². The van der Waals surface area contributed by atoms with E-state index in [2.05, 4.69) is 39.4 Å². The maximum Gasteiger partial charge on any atom is 0.180 e. The molecule has 0 fully saturated rings. The van der Waals surface area contributed by atoms with E-state index in [4.69, 9.17) is 11.6 Å². The first kappa shape index (κ1) is 10.0. The summed E-state index contributed by atoms with van der Waals surface area (Å²) >= 11 is 6.18. The summed E-state index contributed by atoms with van der Waals surface area (Å²) in [7, 11) is 0. The summed E-state index contributed by atoms with van der Waals surface area (Å²) in [6.07, 6.45) is 4.29.